The summed E-state index contributed by atoms with van der Waals surface area (Å²) >= 11 is 0. The number of alkyl carbamates (subject to hydrolysis) is 1. The number of carbonyl (C=O) groups is 3. The Morgan fingerprint density at radius 1 is 0.900 bits per heavy atom. The van der Waals surface area contributed by atoms with Crippen LogP contribution >= 0.6 is 0 Å². The molecule has 0 aliphatic heterocycles. The molecular formula is C35H53N5O9S. The minimum absolute atomic E-state index is 0.00230. The van der Waals surface area contributed by atoms with Gasteiger partial charge in [-0.25, -0.2) is 22.7 Å². The molecule has 0 spiro atoms. The fraction of sp³-hybridized carbons (Fsp3) is 0.543. The number of hydrogen-bond acceptors (Lipinski definition) is 9. The minimum Gasteiger partial charge on any atom is -0.496 e. The lowest BCUT2D eigenvalue weighted by Gasteiger charge is -2.26. The summed E-state index contributed by atoms with van der Waals surface area (Å²) in [5.74, 6) is -0.556. The second-order valence-corrected chi connectivity index (χ2v) is 15.4. The predicted molar refractivity (Wildman–Crippen MR) is 191 cm³/mol. The maximum atomic E-state index is 13.7. The van der Waals surface area contributed by atoms with Crippen molar-refractivity contribution in [2.24, 2.45) is 4.99 Å². The van der Waals surface area contributed by atoms with Crippen molar-refractivity contribution in [3.63, 3.8) is 0 Å². The monoisotopic (exact) mass is 719 g/mol. The molecule has 0 aromatic heterocycles. The molecule has 278 valence electrons. The van der Waals surface area contributed by atoms with Gasteiger partial charge in [-0.2, -0.15) is 0 Å². The Bertz CT molecular complexity index is 1620. The van der Waals surface area contributed by atoms with Crippen molar-refractivity contribution in [2.45, 2.75) is 110 Å². The summed E-state index contributed by atoms with van der Waals surface area (Å²) in [7, 11) is -2.78. The maximum Gasteiger partial charge on any atom is 0.437 e. The van der Waals surface area contributed by atoms with Gasteiger partial charge >= 0.3 is 12.2 Å². The van der Waals surface area contributed by atoms with Gasteiger partial charge in [-0.1, -0.05) is 30.3 Å². The van der Waals surface area contributed by atoms with Crippen molar-refractivity contribution >= 4 is 34.1 Å². The Labute approximate surface area is 295 Å². The molecule has 0 saturated heterocycles. The lowest BCUT2D eigenvalue weighted by molar-refractivity contribution is -0.130. The molecule has 2 atom stereocenters. The van der Waals surface area contributed by atoms with Crippen molar-refractivity contribution in [1.29, 1.82) is 0 Å². The summed E-state index contributed by atoms with van der Waals surface area (Å²) in [6, 6.07) is 10.0. The number of sulfonamides is 1. The minimum atomic E-state index is -4.27. The number of rotatable bonds is 13. The number of carbonyl (C=O) groups excluding carboxylic acids is 3. The molecule has 0 aliphatic carbocycles. The van der Waals surface area contributed by atoms with Gasteiger partial charge in [0, 0.05) is 13.1 Å². The summed E-state index contributed by atoms with van der Waals surface area (Å²) in [6.45, 7) is 15.3. The first-order valence-corrected chi connectivity index (χ1v) is 17.8. The van der Waals surface area contributed by atoms with E-state index in [0.717, 1.165) is 5.56 Å². The summed E-state index contributed by atoms with van der Waals surface area (Å²) in [6.07, 6.45) is -2.71. The SMILES string of the molecule is COc1cc(C)c(S(=O)(=O)N/C(=N/C(=O)OC(C)(C)C)NCCC[C@H](NC(=O)OC(C)(C)C)C(O)C(=O)NCCc2ccccc2)c(C)c1C. The molecule has 14 nitrogen and oxygen atoms in total. The van der Waals surface area contributed by atoms with Crippen molar-refractivity contribution in [3.05, 3.63) is 58.7 Å². The lowest BCUT2D eigenvalue weighted by Crippen LogP contribution is -2.52. The van der Waals surface area contributed by atoms with Crippen LogP contribution in [-0.4, -0.2) is 81.1 Å². The van der Waals surface area contributed by atoms with Gasteiger partial charge in [0.1, 0.15) is 17.0 Å². The normalized spacial score (nSPS) is 13.5. The molecule has 0 saturated carbocycles. The Kier molecular flexibility index (Phi) is 15.1. The van der Waals surface area contributed by atoms with Gasteiger partial charge in [-0.05, 0) is 110 Å². The molecule has 1 unspecified atom stereocenters. The van der Waals surface area contributed by atoms with Gasteiger partial charge < -0.3 is 35.3 Å². The van der Waals surface area contributed by atoms with Crippen LogP contribution in [-0.2, 0) is 30.7 Å². The Morgan fingerprint density at radius 3 is 2.10 bits per heavy atom. The predicted octanol–water partition coefficient (Wildman–Crippen LogP) is 4.17. The zero-order valence-electron chi connectivity index (χ0n) is 30.7. The lowest BCUT2D eigenvalue weighted by atomic mass is 10.0. The standard InChI is InChI=1S/C35H53N5O9S/c1-22-21-27(47-10)23(2)24(3)29(22)50(45,46)40-31(39-33(44)49-35(7,8)9)37-19-14-17-26(38-32(43)48-34(4,5)6)28(41)30(42)36-20-18-25-15-12-11-13-16-25/h11-13,15-16,21,26,28,41H,14,17-20H2,1-10H3,(H,36,42)(H,38,43)(H2,37,39,40,44)/t26-,28?/m0/s1. The van der Waals surface area contributed by atoms with E-state index in [1.165, 1.54) is 7.11 Å². The third-order valence-electron chi connectivity index (χ3n) is 7.19. The number of aryl methyl sites for hydroxylation is 1. The van der Waals surface area contributed by atoms with E-state index in [-0.39, 0.29) is 30.8 Å². The quantitative estimate of drug-likeness (QED) is 0.114. The van der Waals surface area contributed by atoms with Gasteiger partial charge in [0.05, 0.1) is 18.0 Å². The number of ether oxygens (including phenoxy) is 3. The molecule has 0 radical (unpaired) electrons. The Balaban J connectivity index is 2.24. The molecule has 3 amide bonds. The van der Waals surface area contributed by atoms with Gasteiger partial charge in [-0.15, -0.1) is 4.99 Å². The average Bonchev–Trinajstić information content (AvgIpc) is 2.98. The van der Waals surface area contributed by atoms with Crippen LogP contribution in [0.3, 0.4) is 0 Å². The van der Waals surface area contributed by atoms with Gasteiger partial charge in [0.2, 0.25) is 5.96 Å². The van der Waals surface area contributed by atoms with Crippen LogP contribution in [0.1, 0.15) is 76.6 Å². The number of hydrogen-bond donors (Lipinski definition) is 5. The Hall–Kier alpha value is -4.37. The van der Waals surface area contributed by atoms with Crippen molar-refractivity contribution in [1.82, 2.24) is 20.7 Å². The van der Waals surface area contributed by atoms with Crippen LogP contribution in [0.25, 0.3) is 0 Å². The molecule has 2 rings (SSSR count). The van der Waals surface area contributed by atoms with Crippen LogP contribution in [0.5, 0.6) is 5.75 Å². The van der Waals surface area contributed by atoms with E-state index < -0.39 is 57.4 Å². The van der Waals surface area contributed by atoms with E-state index in [1.807, 2.05) is 30.3 Å². The van der Waals surface area contributed by atoms with Gasteiger partial charge in [-0.3, -0.25) is 4.79 Å². The van der Waals surface area contributed by atoms with E-state index in [2.05, 4.69) is 25.7 Å². The number of aliphatic imine (C=N–C) groups is 1. The number of amides is 3. The van der Waals surface area contributed by atoms with Crippen molar-refractivity contribution < 1.29 is 42.1 Å². The van der Waals surface area contributed by atoms with Crippen molar-refractivity contribution in [2.75, 3.05) is 20.2 Å². The summed E-state index contributed by atoms with van der Waals surface area (Å²) in [4.78, 5) is 42.0. The molecule has 2 aromatic rings. The molecule has 0 heterocycles. The van der Waals surface area contributed by atoms with E-state index in [4.69, 9.17) is 14.2 Å². The number of nitrogens with zero attached hydrogens (tertiary/aromatic N) is 1. The number of aliphatic hydroxyl groups excluding tert-OH is 1. The number of methoxy groups -OCH3 is 1. The van der Waals surface area contributed by atoms with E-state index in [0.29, 0.717) is 28.9 Å². The fourth-order valence-electron chi connectivity index (χ4n) is 4.86. The second-order valence-electron chi connectivity index (χ2n) is 13.8. The highest BCUT2D eigenvalue weighted by atomic mass is 32.2. The second kappa shape index (κ2) is 18.0. The van der Waals surface area contributed by atoms with E-state index in [1.54, 1.807) is 68.4 Å². The number of nitrogens with one attached hydrogen (secondary N) is 4. The van der Waals surface area contributed by atoms with Gasteiger partial charge in [0.15, 0.2) is 6.10 Å². The highest BCUT2D eigenvalue weighted by Crippen LogP contribution is 2.30. The number of aliphatic hydroxyl groups is 1. The smallest absolute Gasteiger partial charge is 0.437 e. The van der Waals surface area contributed by atoms with Crippen molar-refractivity contribution in [3.8, 4) is 5.75 Å². The highest BCUT2D eigenvalue weighted by Gasteiger charge is 2.30. The Morgan fingerprint density at radius 2 is 1.52 bits per heavy atom. The van der Waals surface area contributed by atoms with E-state index in [9.17, 15) is 27.9 Å². The zero-order chi connectivity index (χ0) is 37.9. The molecular weight excluding hydrogens is 666 g/mol. The number of benzene rings is 2. The molecule has 0 bridgehead atoms. The first kappa shape index (κ1) is 41.8. The summed E-state index contributed by atoms with van der Waals surface area (Å²) < 4.78 is 45.7. The molecule has 5 N–H and O–H groups in total. The first-order chi connectivity index (χ1) is 23.1. The first-order valence-electron chi connectivity index (χ1n) is 16.4. The molecule has 15 heteroatoms. The summed E-state index contributed by atoms with van der Waals surface area (Å²) in [5.41, 5.74) is 0.775. The summed E-state index contributed by atoms with van der Waals surface area (Å²) in [5, 5.41) is 19.0. The molecule has 50 heavy (non-hydrogen) atoms. The van der Waals surface area contributed by atoms with Gasteiger partial charge in [0.25, 0.3) is 15.9 Å². The van der Waals surface area contributed by atoms with Crippen LogP contribution < -0.4 is 25.4 Å². The molecule has 0 fully saturated rings. The van der Waals surface area contributed by atoms with E-state index >= 15 is 0 Å². The third-order valence-corrected chi connectivity index (χ3v) is 8.81. The number of guanidine groups is 1. The van der Waals surface area contributed by atoms with Crippen LogP contribution in [0, 0.1) is 20.8 Å². The zero-order valence-corrected chi connectivity index (χ0v) is 31.5. The van der Waals surface area contributed by atoms with Crippen LogP contribution in [0.15, 0.2) is 46.3 Å². The fourth-order valence-corrected chi connectivity index (χ4v) is 6.37. The van der Waals surface area contributed by atoms with Crippen LogP contribution in [0.4, 0.5) is 9.59 Å². The average molecular weight is 720 g/mol. The largest absolute Gasteiger partial charge is 0.496 e. The highest BCUT2D eigenvalue weighted by molar-refractivity contribution is 7.90. The molecule has 2 aromatic carbocycles. The van der Waals surface area contributed by atoms with Crippen LogP contribution in [0.2, 0.25) is 0 Å². The molecule has 0 aliphatic rings. The third kappa shape index (κ3) is 13.9. The topological polar surface area (TPSA) is 194 Å². The maximum absolute atomic E-state index is 13.7.